The Morgan fingerprint density at radius 2 is 1.90 bits per heavy atom. The minimum Gasteiger partial charge on any atom is -0.383 e. The Morgan fingerprint density at radius 1 is 1.30 bits per heavy atom. The van der Waals surface area contributed by atoms with Gasteiger partial charge >= 0.3 is 0 Å². The van der Waals surface area contributed by atoms with Gasteiger partial charge in [-0.05, 0) is 39.1 Å². The number of hydrogen-bond donors (Lipinski definition) is 1. The van der Waals surface area contributed by atoms with Crippen molar-refractivity contribution in [1.29, 1.82) is 0 Å². The van der Waals surface area contributed by atoms with Crippen LogP contribution in [-0.2, 0) is 4.74 Å². The van der Waals surface area contributed by atoms with Crippen molar-refractivity contribution in [2.45, 2.75) is 18.4 Å². The third-order valence-electron chi connectivity index (χ3n) is 4.07. The number of rotatable bonds is 5. The Bertz CT molecular complexity index is 453. The van der Waals surface area contributed by atoms with Crippen LogP contribution in [0.2, 0.25) is 0 Å². The number of likely N-dealkylation sites (N-methyl/N-ethyl adjacent to an activating group) is 1. The van der Waals surface area contributed by atoms with Crippen LogP contribution in [0, 0.1) is 10.1 Å². The molecule has 1 N–H and O–H groups in total. The summed E-state index contributed by atoms with van der Waals surface area (Å²) in [6.07, 6.45) is 1.97. The molecule has 2 rings (SSSR count). The van der Waals surface area contributed by atoms with Crippen molar-refractivity contribution in [3.8, 4) is 0 Å². The van der Waals surface area contributed by atoms with Crippen molar-refractivity contribution in [2.75, 3.05) is 39.2 Å². The van der Waals surface area contributed by atoms with Crippen LogP contribution in [0.25, 0.3) is 0 Å². The second-order valence-electron chi connectivity index (χ2n) is 5.39. The van der Waals surface area contributed by atoms with Crippen molar-refractivity contribution < 1.29 is 9.66 Å². The molecule has 6 nitrogen and oxygen atoms in total. The first-order chi connectivity index (χ1) is 9.53. The zero-order valence-electron chi connectivity index (χ0n) is 12.0. The third-order valence-corrected chi connectivity index (χ3v) is 4.07. The van der Waals surface area contributed by atoms with Crippen molar-refractivity contribution in [2.24, 2.45) is 0 Å². The topological polar surface area (TPSA) is 67.6 Å². The van der Waals surface area contributed by atoms with Crippen LogP contribution < -0.4 is 5.32 Å². The van der Waals surface area contributed by atoms with Crippen LogP contribution in [-0.4, -0.2) is 49.2 Å². The number of nitro groups is 1. The number of nitrogens with one attached hydrogen (secondary N) is 1. The van der Waals surface area contributed by atoms with E-state index in [1.165, 1.54) is 12.1 Å². The van der Waals surface area contributed by atoms with E-state index in [1.54, 1.807) is 12.1 Å². The summed E-state index contributed by atoms with van der Waals surface area (Å²) in [5, 5.41) is 14.0. The second-order valence-corrected chi connectivity index (χ2v) is 5.39. The lowest BCUT2D eigenvalue weighted by molar-refractivity contribution is -0.384. The number of hydrogen-bond acceptors (Lipinski definition) is 5. The maximum absolute atomic E-state index is 10.6. The Hall–Kier alpha value is -1.66. The highest BCUT2D eigenvalue weighted by Gasteiger charge is 2.34. The van der Waals surface area contributed by atoms with Gasteiger partial charge in [0.1, 0.15) is 0 Å². The first-order valence-corrected chi connectivity index (χ1v) is 6.77. The fraction of sp³-hybridized carbons (Fsp3) is 0.571. The van der Waals surface area contributed by atoms with Crippen LogP contribution in [0.3, 0.4) is 0 Å². The summed E-state index contributed by atoms with van der Waals surface area (Å²) in [5.74, 6) is 0. The van der Waals surface area contributed by atoms with Gasteiger partial charge in [-0.3, -0.25) is 10.1 Å². The fourth-order valence-electron chi connectivity index (χ4n) is 2.50. The van der Waals surface area contributed by atoms with Gasteiger partial charge in [0.25, 0.3) is 5.69 Å². The third kappa shape index (κ3) is 3.26. The molecule has 0 spiro atoms. The molecule has 0 radical (unpaired) electrons. The molecule has 1 saturated heterocycles. The van der Waals surface area contributed by atoms with Gasteiger partial charge in [-0.25, -0.2) is 0 Å². The van der Waals surface area contributed by atoms with E-state index in [9.17, 15) is 10.1 Å². The molecule has 0 aliphatic carbocycles. The lowest BCUT2D eigenvalue weighted by Gasteiger charge is -2.43. The lowest BCUT2D eigenvalue weighted by Crippen LogP contribution is -2.53. The van der Waals surface area contributed by atoms with Crippen LogP contribution >= 0.6 is 0 Å². The molecular weight excluding hydrogens is 258 g/mol. The zero-order valence-corrected chi connectivity index (χ0v) is 12.0. The van der Waals surface area contributed by atoms with Gasteiger partial charge in [-0.1, -0.05) is 0 Å². The van der Waals surface area contributed by atoms with Gasteiger partial charge in [0, 0.05) is 43.1 Å². The van der Waals surface area contributed by atoms with Crippen LogP contribution in [0.1, 0.15) is 12.8 Å². The average Bonchev–Trinajstić information content (AvgIpc) is 2.46. The highest BCUT2D eigenvalue weighted by molar-refractivity contribution is 5.48. The summed E-state index contributed by atoms with van der Waals surface area (Å²) in [6, 6.07) is 6.55. The standard InChI is InChI=1S/C14H21N3O3/c1-16(2)14(7-9-20-10-8-14)11-15-12-3-5-13(6-4-12)17(18)19/h3-6,15H,7-11H2,1-2H3. The minimum atomic E-state index is -0.385. The summed E-state index contributed by atoms with van der Waals surface area (Å²) in [4.78, 5) is 12.5. The second kappa shape index (κ2) is 6.19. The molecular formula is C14H21N3O3. The Morgan fingerprint density at radius 3 is 2.40 bits per heavy atom. The number of non-ortho nitro benzene ring substituents is 1. The van der Waals surface area contributed by atoms with Gasteiger partial charge in [-0.2, -0.15) is 0 Å². The first kappa shape index (κ1) is 14.7. The van der Waals surface area contributed by atoms with E-state index in [-0.39, 0.29) is 16.1 Å². The van der Waals surface area contributed by atoms with Gasteiger partial charge in [0.15, 0.2) is 0 Å². The molecule has 6 heteroatoms. The van der Waals surface area contributed by atoms with Gasteiger partial charge < -0.3 is 15.0 Å². The number of anilines is 1. The number of nitro benzene ring substituents is 1. The number of ether oxygens (including phenoxy) is 1. The molecule has 1 heterocycles. The van der Waals surface area contributed by atoms with E-state index in [4.69, 9.17) is 4.74 Å². The van der Waals surface area contributed by atoms with Crippen molar-refractivity contribution in [3.05, 3.63) is 34.4 Å². The van der Waals surface area contributed by atoms with Crippen molar-refractivity contribution in [1.82, 2.24) is 4.90 Å². The van der Waals surface area contributed by atoms with Gasteiger partial charge in [-0.15, -0.1) is 0 Å². The van der Waals surface area contributed by atoms with E-state index < -0.39 is 0 Å². The molecule has 0 bridgehead atoms. The molecule has 1 aromatic rings. The molecule has 110 valence electrons. The predicted octanol–water partition coefficient (Wildman–Crippen LogP) is 2.12. The molecule has 0 unspecified atom stereocenters. The molecule has 0 atom stereocenters. The fourth-order valence-corrected chi connectivity index (χ4v) is 2.50. The van der Waals surface area contributed by atoms with Crippen molar-refractivity contribution in [3.63, 3.8) is 0 Å². The minimum absolute atomic E-state index is 0.0834. The monoisotopic (exact) mass is 279 g/mol. The van der Waals surface area contributed by atoms with Crippen LogP contribution in [0.5, 0.6) is 0 Å². The summed E-state index contributed by atoms with van der Waals surface area (Å²) in [5.41, 5.74) is 1.10. The first-order valence-electron chi connectivity index (χ1n) is 6.77. The van der Waals surface area contributed by atoms with Crippen molar-refractivity contribution >= 4 is 11.4 Å². The average molecular weight is 279 g/mol. The molecule has 0 amide bonds. The Kier molecular flexibility index (Phi) is 4.57. The molecule has 1 aromatic carbocycles. The normalized spacial score (nSPS) is 17.9. The van der Waals surface area contributed by atoms with E-state index in [0.717, 1.165) is 38.3 Å². The Labute approximate surface area is 118 Å². The lowest BCUT2D eigenvalue weighted by atomic mass is 9.88. The SMILES string of the molecule is CN(C)C1(CNc2ccc([N+](=O)[O-])cc2)CCOCC1. The van der Waals surface area contributed by atoms with E-state index in [2.05, 4.69) is 24.3 Å². The number of benzene rings is 1. The predicted molar refractivity (Wildman–Crippen MR) is 78.1 cm³/mol. The Balaban J connectivity index is 2.00. The summed E-state index contributed by atoms with van der Waals surface area (Å²) in [7, 11) is 4.17. The molecule has 1 aliphatic rings. The zero-order chi connectivity index (χ0) is 14.6. The van der Waals surface area contributed by atoms with E-state index >= 15 is 0 Å². The number of nitrogens with zero attached hydrogens (tertiary/aromatic N) is 2. The quantitative estimate of drug-likeness (QED) is 0.660. The molecule has 1 fully saturated rings. The smallest absolute Gasteiger partial charge is 0.269 e. The highest BCUT2D eigenvalue weighted by Crippen LogP contribution is 2.26. The van der Waals surface area contributed by atoms with E-state index in [1.807, 2.05) is 0 Å². The molecule has 1 aliphatic heterocycles. The highest BCUT2D eigenvalue weighted by atomic mass is 16.6. The van der Waals surface area contributed by atoms with Gasteiger partial charge in [0.2, 0.25) is 0 Å². The molecule has 0 aromatic heterocycles. The maximum atomic E-state index is 10.6. The molecule has 20 heavy (non-hydrogen) atoms. The molecule has 0 saturated carbocycles. The maximum Gasteiger partial charge on any atom is 0.269 e. The van der Waals surface area contributed by atoms with Crippen LogP contribution in [0.15, 0.2) is 24.3 Å². The van der Waals surface area contributed by atoms with Gasteiger partial charge in [0.05, 0.1) is 4.92 Å². The largest absolute Gasteiger partial charge is 0.383 e. The summed E-state index contributed by atoms with van der Waals surface area (Å²) >= 11 is 0. The van der Waals surface area contributed by atoms with E-state index in [0.29, 0.717) is 0 Å². The van der Waals surface area contributed by atoms with Crippen LogP contribution in [0.4, 0.5) is 11.4 Å². The summed E-state index contributed by atoms with van der Waals surface area (Å²) in [6.45, 7) is 2.36. The summed E-state index contributed by atoms with van der Waals surface area (Å²) < 4.78 is 5.44.